The van der Waals surface area contributed by atoms with Crippen molar-refractivity contribution in [3.05, 3.63) is 86.3 Å². The van der Waals surface area contributed by atoms with Gasteiger partial charge in [0.05, 0.1) is 31.8 Å². The van der Waals surface area contributed by atoms with Crippen LogP contribution < -0.4 is 10.6 Å². The minimum absolute atomic E-state index is 0.0419. The summed E-state index contributed by atoms with van der Waals surface area (Å²) in [4.78, 5) is 26.3. The lowest BCUT2D eigenvalue weighted by molar-refractivity contribution is 0.102. The summed E-state index contributed by atoms with van der Waals surface area (Å²) in [6.45, 7) is 2.34. The van der Waals surface area contributed by atoms with E-state index in [9.17, 15) is 18.0 Å². The number of hydrogen-bond donors (Lipinski definition) is 2. The summed E-state index contributed by atoms with van der Waals surface area (Å²) in [6, 6.07) is 15.5. The van der Waals surface area contributed by atoms with Gasteiger partial charge in [-0.05, 0) is 84.2 Å². The zero-order valence-corrected chi connectivity index (χ0v) is 23.7. The molecule has 2 N–H and O–H groups in total. The zero-order chi connectivity index (χ0) is 26.7. The smallest absolute Gasteiger partial charge is 0.257 e. The van der Waals surface area contributed by atoms with E-state index < -0.39 is 21.8 Å². The highest BCUT2D eigenvalue weighted by atomic mass is 79.9. The number of sulfonamides is 1. The number of anilines is 2. The van der Waals surface area contributed by atoms with Crippen LogP contribution in [-0.4, -0.2) is 37.1 Å². The molecule has 1 saturated heterocycles. The highest BCUT2D eigenvalue weighted by Crippen LogP contribution is 2.29. The van der Waals surface area contributed by atoms with Gasteiger partial charge in [-0.3, -0.25) is 9.59 Å². The van der Waals surface area contributed by atoms with Crippen molar-refractivity contribution in [3.8, 4) is 0 Å². The van der Waals surface area contributed by atoms with Crippen LogP contribution >= 0.6 is 39.1 Å². The summed E-state index contributed by atoms with van der Waals surface area (Å²) < 4.78 is 28.5. The van der Waals surface area contributed by atoms with Crippen LogP contribution in [0.5, 0.6) is 0 Å². The molecule has 2 amide bonds. The molecule has 3 aromatic carbocycles. The van der Waals surface area contributed by atoms with Crippen molar-refractivity contribution >= 4 is 72.3 Å². The number of para-hydroxylation sites is 1. The number of rotatable bonds is 6. The Hall–Kier alpha value is -2.43. The molecular weight excluding hydrogens is 601 g/mol. The minimum Gasteiger partial charge on any atom is -0.322 e. The van der Waals surface area contributed by atoms with Crippen LogP contribution in [0.25, 0.3) is 0 Å². The first-order valence-corrected chi connectivity index (χ1v) is 14.5. The third-order valence-electron chi connectivity index (χ3n) is 6.13. The molecule has 4 rings (SSSR count). The van der Waals surface area contributed by atoms with Crippen molar-refractivity contribution in [1.82, 2.24) is 4.31 Å². The van der Waals surface area contributed by atoms with E-state index >= 15 is 0 Å². The summed E-state index contributed by atoms with van der Waals surface area (Å²) in [6.07, 6.45) is 2.58. The average Bonchev–Trinajstić information content (AvgIpc) is 2.86. The second-order valence-corrected chi connectivity index (χ2v) is 12.2. The van der Waals surface area contributed by atoms with Gasteiger partial charge < -0.3 is 10.6 Å². The molecule has 1 aliphatic rings. The Morgan fingerprint density at radius 1 is 0.919 bits per heavy atom. The Kier molecular flexibility index (Phi) is 8.60. The van der Waals surface area contributed by atoms with Crippen molar-refractivity contribution in [2.24, 2.45) is 0 Å². The van der Waals surface area contributed by atoms with Gasteiger partial charge in [0.1, 0.15) is 0 Å². The van der Waals surface area contributed by atoms with Crippen LogP contribution in [0, 0.1) is 0 Å². The third-order valence-corrected chi connectivity index (χ3v) is 9.57. The van der Waals surface area contributed by atoms with E-state index in [-0.39, 0.29) is 27.8 Å². The van der Waals surface area contributed by atoms with Crippen LogP contribution in [0.1, 0.15) is 46.9 Å². The van der Waals surface area contributed by atoms with E-state index in [1.165, 1.54) is 22.5 Å². The molecule has 0 bridgehead atoms. The largest absolute Gasteiger partial charge is 0.322 e. The summed E-state index contributed by atoms with van der Waals surface area (Å²) in [7, 11) is -3.77. The number of benzene rings is 3. The number of carbonyl (C=O) groups excluding carboxylic acids is 2. The molecule has 194 valence electrons. The molecule has 0 aliphatic carbocycles. The van der Waals surface area contributed by atoms with Crippen molar-refractivity contribution < 1.29 is 18.0 Å². The van der Waals surface area contributed by atoms with E-state index in [1.807, 2.05) is 6.92 Å². The standard InChI is InChI=1S/C26H24BrCl2N3O4S/c1-16-6-4-5-13-32(16)37(35,36)18-10-11-21(27)20(15-18)26(34)31-24-8-3-2-7-19(24)25(33)30-17-9-12-22(28)23(29)14-17/h2-3,7-12,14-16H,4-6,13H2,1H3,(H,30,33)(H,31,34). The maximum Gasteiger partial charge on any atom is 0.257 e. The second kappa shape index (κ2) is 11.5. The van der Waals surface area contributed by atoms with Gasteiger partial charge in [0, 0.05) is 22.7 Å². The van der Waals surface area contributed by atoms with Gasteiger partial charge in [0.2, 0.25) is 10.0 Å². The Morgan fingerprint density at radius 2 is 1.65 bits per heavy atom. The quantitative estimate of drug-likeness (QED) is 0.314. The molecule has 1 fully saturated rings. The van der Waals surface area contributed by atoms with Crippen molar-refractivity contribution in [2.45, 2.75) is 37.1 Å². The molecule has 0 aromatic heterocycles. The second-order valence-electron chi connectivity index (χ2n) is 8.68. The Morgan fingerprint density at radius 3 is 2.38 bits per heavy atom. The molecule has 1 aliphatic heterocycles. The van der Waals surface area contributed by atoms with Crippen LogP contribution in [0.2, 0.25) is 10.0 Å². The van der Waals surface area contributed by atoms with E-state index in [0.717, 1.165) is 19.3 Å². The first kappa shape index (κ1) is 27.6. The third kappa shape index (κ3) is 6.18. The van der Waals surface area contributed by atoms with Crippen molar-refractivity contribution in [2.75, 3.05) is 17.2 Å². The Balaban J connectivity index is 1.58. The van der Waals surface area contributed by atoms with Crippen LogP contribution in [0.15, 0.2) is 70.0 Å². The fourth-order valence-electron chi connectivity index (χ4n) is 4.16. The number of halogens is 3. The topological polar surface area (TPSA) is 95.6 Å². The number of hydrogen-bond acceptors (Lipinski definition) is 4. The molecule has 1 heterocycles. The molecule has 3 aromatic rings. The zero-order valence-electron chi connectivity index (χ0n) is 19.8. The molecular formula is C26H24BrCl2N3O4S. The van der Waals surface area contributed by atoms with Gasteiger partial charge in [-0.1, -0.05) is 41.8 Å². The van der Waals surface area contributed by atoms with Gasteiger partial charge in [-0.25, -0.2) is 8.42 Å². The first-order chi connectivity index (χ1) is 17.6. The van der Waals surface area contributed by atoms with Gasteiger partial charge in [-0.15, -0.1) is 0 Å². The SMILES string of the molecule is CC1CCCCN1S(=O)(=O)c1ccc(Br)c(C(=O)Nc2ccccc2C(=O)Nc2ccc(Cl)c(Cl)c2)c1. The van der Waals surface area contributed by atoms with Gasteiger partial charge in [0.25, 0.3) is 11.8 Å². The maximum absolute atomic E-state index is 13.3. The molecule has 0 spiro atoms. The normalized spacial score (nSPS) is 16.3. The summed E-state index contributed by atoms with van der Waals surface area (Å²) in [5.41, 5.74) is 1.04. The predicted molar refractivity (Wildman–Crippen MR) is 150 cm³/mol. The van der Waals surface area contributed by atoms with E-state index in [0.29, 0.717) is 26.8 Å². The van der Waals surface area contributed by atoms with Crippen LogP contribution in [0.4, 0.5) is 11.4 Å². The molecule has 0 radical (unpaired) electrons. The Labute approximate surface area is 234 Å². The molecule has 1 unspecified atom stereocenters. The average molecular weight is 625 g/mol. The molecule has 7 nitrogen and oxygen atoms in total. The molecule has 0 saturated carbocycles. The van der Waals surface area contributed by atoms with Crippen LogP contribution in [0.3, 0.4) is 0 Å². The summed E-state index contributed by atoms with van der Waals surface area (Å²) in [5.74, 6) is -1.03. The lowest BCUT2D eigenvalue weighted by Gasteiger charge is -2.32. The van der Waals surface area contributed by atoms with E-state index in [2.05, 4.69) is 26.6 Å². The van der Waals surface area contributed by atoms with Gasteiger partial charge in [0.15, 0.2) is 0 Å². The summed E-state index contributed by atoms with van der Waals surface area (Å²) >= 11 is 15.3. The van der Waals surface area contributed by atoms with Gasteiger partial charge >= 0.3 is 0 Å². The van der Waals surface area contributed by atoms with Crippen LogP contribution in [-0.2, 0) is 10.0 Å². The van der Waals surface area contributed by atoms with E-state index in [1.54, 1.807) is 42.5 Å². The minimum atomic E-state index is -3.77. The molecule has 1 atom stereocenters. The van der Waals surface area contributed by atoms with E-state index in [4.69, 9.17) is 23.2 Å². The Bertz CT molecular complexity index is 1470. The number of nitrogens with zero attached hydrogens (tertiary/aromatic N) is 1. The lowest BCUT2D eigenvalue weighted by atomic mass is 10.1. The highest BCUT2D eigenvalue weighted by Gasteiger charge is 2.31. The number of amides is 2. The number of nitrogens with one attached hydrogen (secondary N) is 2. The summed E-state index contributed by atoms with van der Waals surface area (Å²) in [5, 5.41) is 6.12. The molecule has 11 heteroatoms. The number of carbonyl (C=O) groups is 2. The fourth-order valence-corrected chi connectivity index (χ4v) is 6.61. The maximum atomic E-state index is 13.3. The first-order valence-electron chi connectivity index (χ1n) is 11.6. The monoisotopic (exact) mass is 623 g/mol. The fraction of sp³-hybridized carbons (Fsp3) is 0.231. The molecule has 37 heavy (non-hydrogen) atoms. The predicted octanol–water partition coefficient (Wildman–Crippen LogP) is 6.82. The van der Waals surface area contributed by atoms with Gasteiger partial charge in [-0.2, -0.15) is 4.31 Å². The van der Waals surface area contributed by atoms with Crippen molar-refractivity contribution in [3.63, 3.8) is 0 Å². The van der Waals surface area contributed by atoms with Crippen molar-refractivity contribution in [1.29, 1.82) is 0 Å². The number of piperidine rings is 1. The lowest BCUT2D eigenvalue weighted by Crippen LogP contribution is -2.41. The highest BCUT2D eigenvalue weighted by molar-refractivity contribution is 9.10.